The summed E-state index contributed by atoms with van der Waals surface area (Å²) in [5, 5.41) is 54.2. The van der Waals surface area contributed by atoms with Gasteiger partial charge in [0.15, 0.2) is 6.29 Å². The molecule has 1 amide bonds. The molecular formula is C20H35NO11. The van der Waals surface area contributed by atoms with Crippen LogP contribution in [0.4, 0.5) is 0 Å². The van der Waals surface area contributed by atoms with Crippen LogP contribution in [0.1, 0.15) is 26.2 Å². The van der Waals surface area contributed by atoms with Gasteiger partial charge in [0.1, 0.15) is 48.8 Å². The average Bonchev–Trinajstić information content (AvgIpc) is 2.79. The van der Waals surface area contributed by atoms with Gasteiger partial charge in [-0.05, 0) is 19.3 Å². The Morgan fingerprint density at radius 2 is 1.72 bits per heavy atom. The zero-order valence-corrected chi connectivity index (χ0v) is 18.1. The number of ether oxygens (including phenoxy) is 5. The fourth-order valence-electron chi connectivity index (χ4n) is 4.35. The number of nitrogens with one attached hydrogen (secondary N) is 1. The quantitative estimate of drug-likeness (QED) is 0.212. The average molecular weight is 465 g/mol. The first-order chi connectivity index (χ1) is 15.4. The minimum absolute atomic E-state index is 0.148. The van der Waals surface area contributed by atoms with Gasteiger partial charge in [-0.15, -0.1) is 0 Å². The van der Waals surface area contributed by atoms with E-state index in [0.29, 0.717) is 25.8 Å². The fraction of sp³-hybridized carbons (Fsp3) is 0.950. The Balaban J connectivity index is 1.77. The summed E-state index contributed by atoms with van der Waals surface area (Å²) < 4.78 is 29.0. The predicted octanol–water partition coefficient (Wildman–Crippen LogP) is -2.98. The van der Waals surface area contributed by atoms with Gasteiger partial charge in [-0.1, -0.05) is 0 Å². The standard InChI is InChI=1S/C20H35NO11/c1-10(24)21-5-3-7-29-17-11-4-2-6-28-18-12(8-22)31-20(15(26)14(18)25)32-19(16(17)27)13(9-23)30-11/h11-20,22-23,25-27H,2-9H2,1H3,(H,21,24)/t11-,12-,13-,14-,15-,16-,17+,18-,19-,20?/m1/s1. The van der Waals surface area contributed by atoms with Crippen LogP contribution in [0.5, 0.6) is 0 Å². The van der Waals surface area contributed by atoms with Crippen molar-refractivity contribution in [2.45, 2.75) is 87.4 Å². The Hall–Kier alpha value is -0.930. The Labute approximate surface area is 186 Å². The lowest BCUT2D eigenvalue weighted by atomic mass is 9.92. The highest BCUT2D eigenvalue weighted by molar-refractivity contribution is 5.72. The van der Waals surface area contributed by atoms with E-state index < -0.39 is 74.4 Å². The van der Waals surface area contributed by atoms with Crippen LogP contribution in [0.25, 0.3) is 0 Å². The molecule has 6 rings (SSSR count). The van der Waals surface area contributed by atoms with Crippen molar-refractivity contribution in [1.29, 1.82) is 0 Å². The molecule has 6 fully saturated rings. The zero-order chi connectivity index (χ0) is 23.3. The van der Waals surface area contributed by atoms with Crippen molar-refractivity contribution in [3.63, 3.8) is 0 Å². The largest absolute Gasteiger partial charge is 0.394 e. The third-order valence-electron chi connectivity index (χ3n) is 6.00. The van der Waals surface area contributed by atoms with Crippen LogP contribution in [-0.4, -0.2) is 126 Å². The third kappa shape index (κ3) is 5.95. The molecule has 0 saturated carbocycles. The second-order valence-electron chi connectivity index (χ2n) is 8.34. The second-order valence-corrected chi connectivity index (χ2v) is 8.34. The van der Waals surface area contributed by atoms with Crippen LogP contribution in [0.15, 0.2) is 0 Å². The van der Waals surface area contributed by atoms with Gasteiger partial charge in [-0.2, -0.15) is 0 Å². The number of amides is 1. The Kier molecular flexibility index (Phi) is 9.61. The number of aliphatic hydroxyl groups excluding tert-OH is 5. The summed E-state index contributed by atoms with van der Waals surface area (Å²) in [4.78, 5) is 11.0. The van der Waals surface area contributed by atoms with Gasteiger partial charge < -0.3 is 54.5 Å². The maximum Gasteiger partial charge on any atom is 0.216 e. The van der Waals surface area contributed by atoms with E-state index in [9.17, 15) is 30.3 Å². The summed E-state index contributed by atoms with van der Waals surface area (Å²) in [5.74, 6) is -0.148. The first-order valence-electron chi connectivity index (χ1n) is 11.1. The Morgan fingerprint density at radius 3 is 2.41 bits per heavy atom. The molecule has 1 unspecified atom stereocenters. The molecular weight excluding hydrogens is 430 g/mol. The summed E-state index contributed by atoms with van der Waals surface area (Å²) >= 11 is 0. The minimum atomic E-state index is -1.51. The fourth-order valence-corrected chi connectivity index (χ4v) is 4.35. The highest BCUT2D eigenvalue weighted by Crippen LogP contribution is 2.33. The number of carbonyl (C=O) groups is 1. The van der Waals surface area contributed by atoms with Gasteiger partial charge in [-0.25, -0.2) is 0 Å². The topological polar surface area (TPSA) is 176 Å². The predicted molar refractivity (Wildman–Crippen MR) is 106 cm³/mol. The van der Waals surface area contributed by atoms with E-state index in [4.69, 9.17) is 23.7 Å². The molecule has 6 heterocycles. The maximum atomic E-state index is 11.1. The van der Waals surface area contributed by atoms with Crippen LogP contribution in [-0.2, 0) is 28.5 Å². The van der Waals surface area contributed by atoms with Crippen molar-refractivity contribution in [1.82, 2.24) is 5.32 Å². The van der Waals surface area contributed by atoms with Gasteiger partial charge in [0.25, 0.3) is 0 Å². The van der Waals surface area contributed by atoms with E-state index in [-0.39, 0.29) is 19.1 Å². The number of rotatable bonds is 7. The van der Waals surface area contributed by atoms with E-state index in [0.717, 1.165) is 0 Å². The Bertz CT molecular complexity index is 594. The van der Waals surface area contributed by atoms with Gasteiger partial charge in [0.05, 0.1) is 19.3 Å². The molecule has 12 nitrogen and oxygen atoms in total. The number of carbonyl (C=O) groups excluding carboxylic acids is 1. The molecule has 6 saturated heterocycles. The van der Waals surface area contributed by atoms with Crippen LogP contribution in [0.2, 0.25) is 0 Å². The van der Waals surface area contributed by atoms with Gasteiger partial charge in [0.2, 0.25) is 5.91 Å². The SMILES string of the molecule is CC(=O)NCCCO[C@@H]1[C@@H](O)[C@@H]2OC3O[C@H](CO)[C@@H](OCCC[C@H]1O[C@@H]2CO)[C@H](O)[C@H]3O. The van der Waals surface area contributed by atoms with Crippen molar-refractivity contribution in [2.24, 2.45) is 0 Å². The van der Waals surface area contributed by atoms with E-state index >= 15 is 0 Å². The summed E-state index contributed by atoms with van der Waals surface area (Å²) in [7, 11) is 0. The van der Waals surface area contributed by atoms with E-state index in [2.05, 4.69) is 5.32 Å². The molecule has 6 aliphatic rings. The summed E-state index contributed by atoms with van der Waals surface area (Å²) in [6, 6.07) is 0. The van der Waals surface area contributed by atoms with Crippen molar-refractivity contribution < 1.29 is 54.0 Å². The molecule has 0 radical (unpaired) electrons. The highest BCUT2D eigenvalue weighted by Gasteiger charge is 2.51. The van der Waals surface area contributed by atoms with Crippen molar-refractivity contribution in [3.8, 4) is 0 Å². The molecule has 6 N–H and O–H groups in total. The number of aliphatic hydroxyl groups is 5. The minimum Gasteiger partial charge on any atom is -0.394 e. The molecule has 10 atom stereocenters. The first-order valence-corrected chi connectivity index (χ1v) is 11.1. The molecule has 186 valence electrons. The monoisotopic (exact) mass is 465 g/mol. The third-order valence-corrected chi connectivity index (χ3v) is 6.00. The van der Waals surface area contributed by atoms with Crippen LogP contribution in [0.3, 0.4) is 0 Å². The van der Waals surface area contributed by atoms with E-state index in [1.807, 2.05) is 0 Å². The zero-order valence-electron chi connectivity index (χ0n) is 18.1. The summed E-state index contributed by atoms with van der Waals surface area (Å²) in [6.45, 7) is 1.33. The number of hydrogen-bond acceptors (Lipinski definition) is 11. The number of hydrogen-bond donors (Lipinski definition) is 6. The molecule has 0 aromatic carbocycles. The molecule has 6 aliphatic heterocycles. The van der Waals surface area contributed by atoms with Gasteiger partial charge in [-0.3, -0.25) is 4.79 Å². The van der Waals surface area contributed by atoms with Gasteiger partial charge >= 0.3 is 0 Å². The van der Waals surface area contributed by atoms with E-state index in [1.165, 1.54) is 6.92 Å². The molecule has 0 spiro atoms. The molecule has 0 aromatic rings. The summed E-state index contributed by atoms with van der Waals surface area (Å²) in [6.07, 6.45) is -9.40. The highest BCUT2D eigenvalue weighted by atomic mass is 16.7. The maximum absolute atomic E-state index is 11.1. The first kappa shape index (κ1) is 25.7. The van der Waals surface area contributed by atoms with Gasteiger partial charge in [0, 0.05) is 26.7 Å². The van der Waals surface area contributed by atoms with Crippen LogP contribution in [0, 0.1) is 0 Å². The second kappa shape index (κ2) is 12.0. The molecule has 0 aliphatic carbocycles. The summed E-state index contributed by atoms with van der Waals surface area (Å²) in [5.41, 5.74) is 0. The smallest absolute Gasteiger partial charge is 0.216 e. The van der Waals surface area contributed by atoms with Crippen molar-refractivity contribution in [3.05, 3.63) is 0 Å². The van der Waals surface area contributed by atoms with Crippen LogP contribution < -0.4 is 5.32 Å². The lowest BCUT2D eigenvalue weighted by Gasteiger charge is -2.47. The van der Waals surface area contributed by atoms with Crippen molar-refractivity contribution in [2.75, 3.05) is 33.0 Å². The normalized spacial score (nSPS) is 42.7. The molecule has 4 bridgehead atoms. The molecule has 0 aromatic heterocycles. The molecule has 12 heteroatoms. The van der Waals surface area contributed by atoms with Crippen LogP contribution >= 0.6 is 0 Å². The Morgan fingerprint density at radius 1 is 1.00 bits per heavy atom. The lowest BCUT2D eigenvalue weighted by Crippen LogP contribution is -2.64. The lowest BCUT2D eigenvalue weighted by molar-refractivity contribution is -0.344. The van der Waals surface area contributed by atoms with Crippen molar-refractivity contribution >= 4 is 5.91 Å². The van der Waals surface area contributed by atoms with E-state index in [1.54, 1.807) is 0 Å². The molecule has 32 heavy (non-hydrogen) atoms.